The van der Waals surface area contributed by atoms with Gasteiger partial charge < -0.3 is 0 Å². The van der Waals surface area contributed by atoms with Crippen LogP contribution in [-0.2, 0) is 0 Å². The predicted octanol–water partition coefficient (Wildman–Crippen LogP) is 3.68. The van der Waals surface area contributed by atoms with Gasteiger partial charge >= 0.3 is 0 Å². The molecule has 0 aromatic rings. The van der Waals surface area contributed by atoms with Gasteiger partial charge in [-0.15, -0.1) is 0 Å². The first kappa shape index (κ1) is 10.6. The molecule has 0 aliphatic rings. The van der Waals surface area contributed by atoms with Gasteiger partial charge in [0.25, 0.3) is 0 Å². The predicted molar refractivity (Wildman–Crippen MR) is 56.1 cm³/mol. The molecule has 0 rings (SSSR count). The molecule has 0 nitrogen and oxygen atoms in total. The second-order valence-electron chi connectivity index (χ2n) is 2.84. The lowest BCUT2D eigenvalue weighted by molar-refractivity contribution is 1.02. The van der Waals surface area contributed by atoms with Crippen LogP contribution >= 0.6 is 12.2 Å². The summed E-state index contributed by atoms with van der Waals surface area (Å²) in [6.45, 7) is 9.94. The van der Waals surface area contributed by atoms with E-state index in [1.165, 1.54) is 5.57 Å². The molecule has 0 aliphatic heterocycles. The van der Waals surface area contributed by atoms with Crippen molar-refractivity contribution in [3.63, 3.8) is 0 Å². The van der Waals surface area contributed by atoms with E-state index in [9.17, 15) is 0 Å². The molecule has 62 valence electrons. The van der Waals surface area contributed by atoms with Gasteiger partial charge in [-0.2, -0.15) is 0 Å². The Morgan fingerprint density at radius 3 is 2.27 bits per heavy atom. The standard InChI is InChI=1S/C10H16S/c1-5-9(4)6-7-10(11)8(2)3/h5H,2,6-7H2,1,3-4H3/b9-5+. The maximum absolute atomic E-state index is 5.12. The molecule has 0 aromatic heterocycles. The minimum atomic E-state index is 0.973. The summed E-state index contributed by atoms with van der Waals surface area (Å²) in [5.41, 5.74) is 2.43. The Hall–Kier alpha value is -0.430. The zero-order chi connectivity index (χ0) is 8.85. The van der Waals surface area contributed by atoms with Crippen LogP contribution in [0.3, 0.4) is 0 Å². The summed E-state index contributed by atoms with van der Waals surface area (Å²) in [5, 5.41) is 0. The molecule has 0 aromatic carbocycles. The molecule has 0 N–H and O–H groups in total. The van der Waals surface area contributed by atoms with Gasteiger partial charge in [-0.1, -0.05) is 30.4 Å². The molecule has 0 atom stereocenters. The summed E-state index contributed by atoms with van der Waals surface area (Å²) >= 11 is 5.12. The van der Waals surface area contributed by atoms with Crippen LogP contribution in [0.4, 0.5) is 0 Å². The molecule has 0 heterocycles. The Kier molecular flexibility index (Phi) is 5.05. The van der Waals surface area contributed by atoms with Gasteiger partial charge in [-0.3, -0.25) is 0 Å². The SMILES string of the molecule is C=C(C)C(=S)CC/C(C)=C/C. The molecule has 11 heavy (non-hydrogen) atoms. The van der Waals surface area contributed by atoms with Crippen molar-refractivity contribution in [3.8, 4) is 0 Å². The first-order valence-corrected chi connectivity index (χ1v) is 4.29. The first-order chi connectivity index (χ1) is 5.07. The molecule has 0 amide bonds. The third-order valence-corrected chi connectivity index (χ3v) is 2.27. The summed E-state index contributed by atoms with van der Waals surface area (Å²) in [7, 11) is 0. The van der Waals surface area contributed by atoms with Crippen molar-refractivity contribution in [1.82, 2.24) is 0 Å². The molecule has 0 spiro atoms. The summed E-state index contributed by atoms with van der Waals surface area (Å²) in [6, 6.07) is 0. The normalized spacial score (nSPS) is 11.4. The van der Waals surface area contributed by atoms with Gasteiger partial charge in [-0.05, 0) is 39.2 Å². The fraction of sp³-hybridized carbons (Fsp3) is 0.500. The Labute approximate surface area is 75.0 Å². The number of hydrogen-bond acceptors (Lipinski definition) is 1. The lowest BCUT2D eigenvalue weighted by Crippen LogP contribution is -1.94. The topological polar surface area (TPSA) is 0 Å². The van der Waals surface area contributed by atoms with E-state index in [0.717, 1.165) is 23.3 Å². The highest BCUT2D eigenvalue weighted by atomic mass is 32.1. The van der Waals surface area contributed by atoms with Crippen LogP contribution in [-0.4, -0.2) is 4.86 Å². The van der Waals surface area contributed by atoms with E-state index in [0.29, 0.717) is 0 Å². The van der Waals surface area contributed by atoms with Crippen LogP contribution in [0.1, 0.15) is 33.6 Å². The Morgan fingerprint density at radius 2 is 1.91 bits per heavy atom. The fourth-order valence-corrected chi connectivity index (χ4v) is 0.770. The van der Waals surface area contributed by atoms with E-state index in [1.807, 2.05) is 6.92 Å². The molecule has 0 fully saturated rings. The number of hydrogen-bond donors (Lipinski definition) is 0. The third kappa shape index (κ3) is 4.91. The average molecular weight is 168 g/mol. The second-order valence-corrected chi connectivity index (χ2v) is 3.33. The second kappa shape index (κ2) is 5.25. The van der Waals surface area contributed by atoms with Crippen molar-refractivity contribution < 1.29 is 0 Å². The lowest BCUT2D eigenvalue weighted by atomic mass is 10.1. The highest BCUT2D eigenvalue weighted by Crippen LogP contribution is 2.08. The zero-order valence-electron chi connectivity index (χ0n) is 7.61. The number of thiocarbonyl (C=S) groups is 1. The van der Waals surface area contributed by atoms with E-state index < -0.39 is 0 Å². The Bertz CT molecular complexity index is 187. The van der Waals surface area contributed by atoms with Crippen molar-refractivity contribution in [3.05, 3.63) is 23.8 Å². The highest BCUT2D eigenvalue weighted by molar-refractivity contribution is 7.80. The molecule has 0 saturated carbocycles. The smallest absolute Gasteiger partial charge is 0.0178 e. The van der Waals surface area contributed by atoms with Gasteiger partial charge in [-0.25, -0.2) is 0 Å². The van der Waals surface area contributed by atoms with E-state index in [2.05, 4.69) is 26.5 Å². The molecule has 0 bridgehead atoms. The maximum Gasteiger partial charge on any atom is 0.0178 e. The maximum atomic E-state index is 5.12. The van der Waals surface area contributed by atoms with Crippen molar-refractivity contribution in [1.29, 1.82) is 0 Å². The molecular weight excluding hydrogens is 152 g/mol. The summed E-state index contributed by atoms with van der Waals surface area (Å²) in [6.07, 6.45) is 4.17. The van der Waals surface area contributed by atoms with Gasteiger partial charge in [0.1, 0.15) is 0 Å². The van der Waals surface area contributed by atoms with Crippen molar-refractivity contribution in [2.24, 2.45) is 0 Å². The lowest BCUT2D eigenvalue weighted by Gasteiger charge is -2.01. The van der Waals surface area contributed by atoms with Crippen molar-refractivity contribution in [2.45, 2.75) is 33.6 Å². The molecule has 0 saturated heterocycles. The fourth-order valence-electron chi connectivity index (χ4n) is 0.668. The minimum Gasteiger partial charge on any atom is -0.0950 e. The Balaban J connectivity index is 3.72. The van der Waals surface area contributed by atoms with E-state index in [-0.39, 0.29) is 0 Å². The monoisotopic (exact) mass is 168 g/mol. The van der Waals surface area contributed by atoms with E-state index in [4.69, 9.17) is 12.2 Å². The van der Waals surface area contributed by atoms with Crippen LogP contribution in [0.5, 0.6) is 0 Å². The quantitative estimate of drug-likeness (QED) is 0.350. The summed E-state index contributed by atoms with van der Waals surface area (Å²) in [5.74, 6) is 0. The molecule has 0 unspecified atom stereocenters. The van der Waals surface area contributed by atoms with Gasteiger partial charge in [0, 0.05) is 4.86 Å². The van der Waals surface area contributed by atoms with Gasteiger partial charge in [0.05, 0.1) is 0 Å². The van der Waals surface area contributed by atoms with Crippen LogP contribution in [0.25, 0.3) is 0 Å². The Morgan fingerprint density at radius 1 is 1.36 bits per heavy atom. The zero-order valence-corrected chi connectivity index (χ0v) is 8.42. The van der Waals surface area contributed by atoms with Gasteiger partial charge in [0.2, 0.25) is 0 Å². The first-order valence-electron chi connectivity index (χ1n) is 3.88. The highest BCUT2D eigenvalue weighted by Gasteiger charge is 1.96. The minimum absolute atomic E-state index is 0.973. The summed E-state index contributed by atoms with van der Waals surface area (Å²) < 4.78 is 0. The molecular formula is C10H16S. The molecule has 0 aliphatic carbocycles. The van der Waals surface area contributed by atoms with Crippen LogP contribution in [0.15, 0.2) is 23.8 Å². The summed E-state index contributed by atoms with van der Waals surface area (Å²) in [4.78, 5) is 1.01. The number of allylic oxidation sites excluding steroid dienone is 3. The van der Waals surface area contributed by atoms with Gasteiger partial charge in [0.15, 0.2) is 0 Å². The van der Waals surface area contributed by atoms with Crippen molar-refractivity contribution in [2.75, 3.05) is 0 Å². The van der Waals surface area contributed by atoms with Crippen LogP contribution in [0, 0.1) is 0 Å². The average Bonchev–Trinajstić information content (AvgIpc) is 1.99. The van der Waals surface area contributed by atoms with Crippen LogP contribution < -0.4 is 0 Å². The number of rotatable bonds is 4. The van der Waals surface area contributed by atoms with E-state index >= 15 is 0 Å². The van der Waals surface area contributed by atoms with Crippen LogP contribution in [0.2, 0.25) is 0 Å². The molecule has 0 radical (unpaired) electrons. The largest absolute Gasteiger partial charge is 0.0950 e. The molecule has 1 heteroatoms. The third-order valence-electron chi connectivity index (χ3n) is 1.72. The van der Waals surface area contributed by atoms with E-state index in [1.54, 1.807) is 0 Å². The van der Waals surface area contributed by atoms with Crippen molar-refractivity contribution >= 4 is 17.1 Å².